The predicted octanol–water partition coefficient (Wildman–Crippen LogP) is -0.0439. The topological polar surface area (TPSA) is 41.8 Å². The van der Waals surface area contributed by atoms with Gasteiger partial charge >= 0.3 is 0 Å². The Labute approximate surface area is 66.8 Å². The highest BCUT2D eigenvalue weighted by molar-refractivity contribution is 4.72. The first-order chi connectivity index (χ1) is 5.20. The van der Waals surface area contributed by atoms with E-state index in [9.17, 15) is 0 Å². The van der Waals surface area contributed by atoms with Gasteiger partial charge in [-0.2, -0.15) is 0 Å². The first-order valence-electron chi connectivity index (χ1n) is 3.59. The minimum Gasteiger partial charge on any atom is -0.354 e. The van der Waals surface area contributed by atoms with E-state index in [1.807, 2.05) is 6.92 Å². The zero-order chi connectivity index (χ0) is 8.32. The lowest BCUT2D eigenvalue weighted by Crippen LogP contribution is -2.50. The molecular formula is C7H14NO3. The number of ether oxygens (including phenoxy) is 3. The molecule has 2 unspecified atom stereocenters. The van der Waals surface area contributed by atoms with Gasteiger partial charge in [0.1, 0.15) is 0 Å². The van der Waals surface area contributed by atoms with Gasteiger partial charge in [0.15, 0.2) is 12.1 Å². The molecule has 0 aliphatic carbocycles. The van der Waals surface area contributed by atoms with Crippen molar-refractivity contribution in [3.63, 3.8) is 0 Å². The van der Waals surface area contributed by atoms with E-state index in [1.165, 1.54) is 0 Å². The van der Waals surface area contributed by atoms with Crippen molar-refractivity contribution >= 4 is 0 Å². The quantitative estimate of drug-likeness (QED) is 0.569. The van der Waals surface area contributed by atoms with E-state index < -0.39 is 5.79 Å². The Morgan fingerprint density at radius 2 is 2.27 bits per heavy atom. The molecule has 0 saturated carbocycles. The van der Waals surface area contributed by atoms with Crippen LogP contribution in [0.4, 0.5) is 0 Å². The lowest BCUT2D eigenvalue weighted by Gasteiger charge is -2.35. The molecule has 0 aromatic heterocycles. The van der Waals surface area contributed by atoms with Crippen LogP contribution in [0.3, 0.4) is 0 Å². The highest BCUT2D eigenvalue weighted by Gasteiger charge is 2.33. The second-order valence-electron chi connectivity index (χ2n) is 2.69. The van der Waals surface area contributed by atoms with Gasteiger partial charge in [-0.3, -0.25) is 0 Å². The molecule has 65 valence electrons. The van der Waals surface area contributed by atoms with Crippen molar-refractivity contribution in [1.82, 2.24) is 5.32 Å². The molecule has 0 aromatic carbocycles. The smallest absolute Gasteiger partial charge is 0.182 e. The molecule has 11 heavy (non-hydrogen) atoms. The van der Waals surface area contributed by atoms with Gasteiger partial charge in [-0.25, -0.2) is 5.32 Å². The fourth-order valence-electron chi connectivity index (χ4n) is 0.961. The zero-order valence-electron chi connectivity index (χ0n) is 7.16. The van der Waals surface area contributed by atoms with Crippen molar-refractivity contribution in [1.29, 1.82) is 0 Å². The van der Waals surface area contributed by atoms with Gasteiger partial charge in [0.2, 0.25) is 0 Å². The van der Waals surface area contributed by atoms with E-state index in [2.05, 4.69) is 5.32 Å². The van der Waals surface area contributed by atoms with Gasteiger partial charge < -0.3 is 14.2 Å². The fourth-order valence-corrected chi connectivity index (χ4v) is 0.961. The Balaban J connectivity index is 2.44. The van der Waals surface area contributed by atoms with Crippen LogP contribution >= 0.6 is 0 Å². The summed E-state index contributed by atoms with van der Waals surface area (Å²) in [4.78, 5) is 0. The van der Waals surface area contributed by atoms with Crippen molar-refractivity contribution in [3.8, 4) is 0 Å². The van der Waals surface area contributed by atoms with Crippen molar-refractivity contribution < 1.29 is 14.2 Å². The third kappa shape index (κ3) is 2.13. The summed E-state index contributed by atoms with van der Waals surface area (Å²) in [7, 11) is 3.20. The first kappa shape index (κ1) is 8.93. The lowest BCUT2D eigenvalue weighted by molar-refractivity contribution is -0.300. The Bertz CT molecular complexity index is 131. The van der Waals surface area contributed by atoms with E-state index in [0.29, 0.717) is 13.1 Å². The number of hydrogen-bond acceptors (Lipinski definition) is 3. The van der Waals surface area contributed by atoms with Crippen LogP contribution in [0.15, 0.2) is 0 Å². The molecule has 4 nitrogen and oxygen atoms in total. The van der Waals surface area contributed by atoms with Crippen molar-refractivity contribution in [2.75, 3.05) is 27.3 Å². The average Bonchev–Trinajstić information content (AvgIpc) is 2.05. The van der Waals surface area contributed by atoms with Gasteiger partial charge in [0, 0.05) is 14.2 Å². The number of rotatable bonds is 2. The molecule has 0 N–H and O–H groups in total. The van der Waals surface area contributed by atoms with Crippen LogP contribution in [0.1, 0.15) is 6.92 Å². The van der Waals surface area contributed by atoms with E-state index in [-0.39, 0.29) is 6.29 Å². The summed E-state index contributed by atoms with van der Waals surface area (Å²) in [5, 5.41) is 4.18. The Morgan fingerprint density at radius 1 is 1.55 bits per heavy atom. The molecule has 1 heterocycles. The molecule has 0 aromatic rings. The maximum absolute atomic E-state index is 5.43. The summed E-state index contributed by atoms with van der Waals surface area (Å²) in [6.45, 7) is 3.01. The number of methoxy groups -OCH3 is 2. The van der Waals surface area contributed by atoms with E-state index in [1.54, 1.807) is 14.2 Å². The number of nitrogens with zero attached hydrogens (tertiary/aromatic N) is 1. The molecule has 1 aliphatic heterocycles. The standard InChI is InChI=1S/C7H14NO3/c1-7(10-3)5-8-4-6(9-2)11-7/h6H,4-5H2,1-3H3. The minimum atomic E-state index is -0.598. The Morgan fingerprint density at radius 3 is 2.82 bits per heavy atom. The first-order valence-corrected chi connectivity index (χ1v) is 3.59. The molecule has 1 fully saturated rings. The van der Waals surface area contributed by atoms with Gasteiger partial charge in [-0.05, 0) is 6.92 Å². The van der Waals surface area contributed by atoms with Crippen LogP contribution < -0.4 is 5.32 Å². The molecular weight excluding hydrogens is 146 g/mol. The summed E-state index contributed by atoms with van der Waals surface area (Å²) >= 11 is 0. The molecule has 1 rings (SSSR count). The second-order valence-corrected chi connectivity index (χ2v) is 2.69. The average molecular weight is 160 g/mol. The largest absolute Gasteiger partial charge is 0.354 e. The summed E-state index contributed by atoms with van der Waals surface area (Å²) in [6, 6.07) is 0. The van der Waals surface area contributed by atoms with Gasteiger partial charge in [0.05, 0.1) is 13.1 Å². The van der Waals surface area contributed by atoms with Crippen LogP contribution in [-0.4, -0.2) is 39.4 Å². The SMILES string of the molecule is COC1C[N]CC(C)(OC)O1. The Hall–Kier alpha value is -0.160. The number of hydrogen-bond donors (Lipinski definition) is 0. The Kier molecular flexibility index (Phi) is 2.84. The molecule has 1 radical (unpaired) electrons. The van der Waals surface area contributed by atoms with Crippen LogP contribution in [0, 0.1) is 0 Å². The van der Waals surface area contributed by atoms with E-state index in [0.717, 1.165) is 0 Å². The lowest BCUT2D eigenvalue weighted by atomic mass is 10.3. The summed E-state index contributed by atoms with van der Waals surface area (Å²) in [6.07, 6.45) is -0.256. The summed E-state index contributed by atoms with van der Waals surface area (Å²) < 4.78 is 15.5. The molecule has 1 saturated heterocycles. The monoisotopic (exact) mass is 160 g/mol. The van der Waals surface area contributed by atoms with Gasteiger partial charge in [-0.15, -0.1) is 0 Å². The van der Waals surface area contributed by atoms with Crippen molar-refractivity contribution in [2.24, 2.45) is 0 Å². The van der Waals surface area contributed by atoms with Gasteiger partial charge in [0.25, 0.3) is 0 Å². The molecule has 0 spiro atoms. The van der Waals surface area contributed by atoms with Crippen LogP contribution in [0.5, 0.6) is 0 Å². The second kappa shape index (κ2) is 3.49. The predicted molar refractivity (Wildman–Crippen MR) is 39.2 cm³/mol. The summed E-state index contributed by atoms with van der Waals surface area (Å²) in [5.74, 6) is -0.598. The maximum atomic E-state index is 5.43. The molecule has 0 bridgehead atoms. The van der Waals surface area contributed by atoms with Crippen LogP contribution in [-0.2, 0) is 14.2 Å². The van der Waals surface area contributed by atoms with Crippen molar-refractivity contribution in [3.05, 3.63) is 0 Å². The minimum absolute atomic E-state index is 0.256. The third-order valence-electron chi connectivity index (χ3n) is 1.75. The highest BCUT2D eigenvalue weighted by Crippen LogP contribution is 2.17. The van der Waals surface area contributed by atoms with Crippen LogP contribution in [0.25, 0.3) is 0 Å². The number of morpholine rings is 1. The molecule has 4 heteroatoms. The maximum Gasteiger partial charge on any atom is 0.182 e. The van der Waals surface area contributed by atoms with Crippen LogP contribution in [0.2, 0.25) is 0 Å². The van der Waals surface area contributed by atoms with Crippen molar-refractivity contribution in [2.45, 2.75) is 19.0 Å². The summed E-state index contributed by atoms with van der Waals surface area (Å²) in [5.41, 5.74) is 0. The molecule has 1 aliphatic rings. The van der Waals surface area contributed by atoms with Gasteiger partial charge in [-0.1, -0.05) is 0 Å². The fraction of sp³-hybridized carbons (Fsp3) is 1.00. The highest BCUT2D eigenvalue weighted by atomic mass is 16.8. The molecule has 2 atom stereocenters. The third-order valence-corrected chi connectivity index (χ3v) is 1.75. The van der Waals surface area contributed by atoms with E-state index in [4.69, 9.17) is 14.2 Å². The van der Waals surface area contributed by atoms with E-state index >= 15 is 0 Å². The normalized spacial score (nSPS) is 39.0. The molecule has 0 amide bonds. The zero-order valence-corrected chi connectivity index (χ0v) is 7.16.